The van der Waals surface area contributed by atoms with E-state index < -0.39 is 0 Å². The number of aromatic nitrogens is 2. The summed E-state index contributed by atoms with van der Waals surface area (Å²) in [4.78, 5) is 7.56. The van der Waals surface area contributed by atoms with Gasteiger partial charge in [0, 0.05) is 21.3 Å². The van der Waals surface area contributed by atoms with Gasteiger partial charge in [-0.1, -0.05) is 42.3 Å². The molecule has 0 unspecified atom stereocenters. The standard InChI is InChI=1S/C12H9BrCl2N2S/c1-2-9-10(13)12(18)17-11(16-9)6-3-7(14)5-8(15)4-6/h3-5H,2H2,1H3,(H,16,17,18). The molecule has 0 saturated heterocycles. The fourth-order valence-electron chi connectivity index (χ4n) is 1.58. The predicted molar refractivity (Wildman–Crippen MR) is 82.0 cm³/mol. The van der Waals surface area contributed by atoms with Crippen molar-refractivity contribution in [2.24, 2.45) is 0 Å². The minimum absolute atomic E-state index is 0.525. The number of halogens is 3. The number of aromatic amines is 1. The summed E-state index contributed by atoms with van der Waals surface area (Å²) in [6.45, 7) is 2.04. The van der Waals surface area contributed by atoms with Gasteiger partial charge in [0.1, 0.15) is 10.5 Å². The molecule has 1 heterocycles. The molecule has 1 aromatic carbocycles. The number of benzene rings is 1. The highest BCUT2D eigenvalue weighted by Gasteiger charge is 2.08. The van der Waals surface area contributed by atoms with E-state index in [-0.39, 0.29) is 0 Å². The second-order valence-electron chi connectivity index (χ2n) is 3.69. The second kappa shape index (κ2) is 5.70. The first kappa shape index (κ1) is 14.0. The molecule has 0 spiro atoms. The number of rotatable bonds is 2. The minimum Gasteiger partial charge on any atom is -0.342 e. The van der Waals surface area contributed by atoms with Crippen molar-refractivity contribution in [3.8, 4) is 11.4 Å². The van der Waals surface area contributed by atoms with Gasteiger partial charge in [0.25, 0.3) is 0 Å². The molecule has 2 aromatic rings. The first-order chi connectivity index (χ1) is 8.51. The van der Waals surface area contributed by atoms with Crippen LogP contribution in [0.2, 0.25) is 10.0 Å². The maximum absolute atomic E-state index is 5.98. The summed E-state index contributed by atoms with van der Waals surface area (Å²) in [6.07, 6.45) is 0.827. The Hall–Kier alpha value is -0.420. The van der Waals surface area contributed by atoms with Crippen LogP contribution >= 0.6 is 51.3 Å². The van der Waals surface area contributed by atoms with E-state index in [4.69, 9.17) is 35.4 Å². The van der Waals surface area contributed by atoms with Gasteiger partial charge in [-0.25, -0.2) is 4.98 Å². The van der Waals surface area contributed by atoms with Gasteiger partial charge in [-0.05, 0) is 40.5 Å². The molecule has 94 valence electrons. The molecule has 0 bridgehead atoms. The zero-order chi connectivity index (χ0) is 13.3. The third-order valence-electron chi connectivity index (χ3n) is 2.42. The molecule has 1 N–H and O–H groups in total. The van der Waals surface area contributed by atoms with Gasteiger partial charge in [-0.15, -0.1) is 0 Å². The van der Waals surface area contributed by atoms with Crippen LogP contribution in [0.1, 0.15) is 12.6 Å². The lowest BCUT2D eigenvalue weighted by Crippen LogP contribution is -1.97. The lowest BCUT2D eigenvalue weighted by Gasteiger charge is -2.07. The van der Waals surface area contributed by atoms with Crippen LogP contribution in [-0.2, 0) is 6.42 Å². The van der Waals surface area contributed by atoms with Gasteiger partial charge in [-0.3, -0.25) is 0 Å². The van der Waals surface area contributed by atoms with Crippen molar-refractivity contribution in [2.75, 3.05) is 0 Å². The molecule has 0 fully saturated rings. The molecule has 2 rings (SSSR count). The van der Waals surface area contributed by atoms with Crippen molar-refractivity contribution in [1.29, 1.82) is 0 Å². The van der Waals surface area contributed by atoms with Gasteiger partial charge in [0.15, 0.2) is 0 Å². The summed E-state index contributed by atoms with van der Waals surface area (Å²) in [6, 6.07) is 5.28. The summed E-state index contributed by atoms with van der Waals surface area (Å²) >= 11 is 20.6. The Balaban J connectivity index is 2.64. The van der Waals surface area contributed by atoms with E-state index >= 15 is 0 Å². The summed E-state index contributed by atoms with van der Waals surface area (Å²) in [5, 5.41) is 1.14. The molecule has 18 heavy (non-hydrogen) atoms. The quantitative estimate of drug-likeness (QED) is 0.720. The van der Waals surface area contributed by atoms with Crippen molar-refractivity contribution in [2.45, 2.75) is 13.3 Å². The molecule has 1 aromatic heterocycles. The molecule has 0 aliphatic carbocycles. The van der Waals surface area contributed by atoms with E-state index in [0.717, 1.165) is 22.2 Å². The fraction of sp³-hybridized carbons (Fsp3) is 0.167. The van der Waals surface area contributed by atoms with E-state index in [0.29, 0.717) is 20.5 Å². The molecule has 0 amide bonds. The number of hydrogen-bond acceptors (Lipinski definition) is 2. The zero-order valence-electron chi connectivity index (χ0n) is 9.43. The molecule has 0 aliphatic rings. The van der Waals surface area contributed by atoms with Crippen LogP contribution < -0.4 is 0 Å². The largest absolute Gasteiger partial charge is 0.342 e. The Morgan fingerprint density at radius 1 is 1.28 bits per heavy atom. The summed E-state index contributed by atoms with van der Waals surface area (Å²) < 4.78 is 1.36. The third kappa shape index (κ3) is 2.94. The van der Waals surface area contributed by atoms with Crippen molar-refractivity contribution >= 4 is 51.3 Å². The Morgan fingerprint density at radius 2 is 1.89 bits per heavy atom. The van der Waals surface area contributed by atoms with Crippen LogP contribution in [-0.4, -0.2) is 9.97 Å². The van der Waals surface area contributed by atoms with Crippen molar-refractivity contribution in [1.82, 2.24) is 9.97 Å². The summed E-state index contributed by atoms with van der Waals surface area (Å²) in [5.41, 5.74) is 1.82. The lowest BCUT2D eigenvalue weighted by molar-refractivity contribution is 0.984. The van der Waals surface area contributed by atoms with E-state index in [9.17, 15) is 0 Å². The normalized spacial score (nSPS) is 10.7. The predicted octanol–water partition coefficient (Wildman–Crippen LogP) is 5.44. The Bertz CT molecular complexity index is 635. The fourth-order valence-corrected chi connectivity index (χ4v) is 2.78. The second-order valence-corrected chi connectivity index (χ2v) is 5.75. The average molecular weight is 364 g/mol. The zero-order valence-corrected chi connectivity index (χ0v) is 13.3. The van der Waals surface area contributed by atoms with Crippen molar-refractivity contribution in [3.05, 3.63) is 43.1 Å². The highest BCUT2D eigenvalue weighted by molar-refractivity contribution is 9.10. The highest BCUT2D eigenvalue weighted by atomic mass is 79.9. The van der Waals surface area contributed by atoms with E-state index in [2.05, 4.69) is 25.9 Å². The molecule has 0 radical (unpaired) electrons. The van der Waals surface area contributed by atoms with Crippen LogP contribution in [0.3, 0.4) is 0 Å². The van der Waals surface area contributed by atoms with Gasteiger partial charge >= 0.3 is 0 Å². The number of hydrogen-bond donors (Lipinski definition) is 1. The maximum atomic E-state index is 5.98. The molecule has 0 atom stereocenters. The Labute approximate surface area is 128 Å². The number of nitrogens with zero attached hydrogens (tertiary/aromatic N) is 1. The molecular formula is C12H9BrCl2N2S. The number of H-pyrrole nitrogens is 1. The highest BCUT2D eigenvalue weighted by Crippen LogP contribution is 2.27. The first-order valence-corrected chi connectivity index (χ1v) is 7.22. The summed E-state index contributed by atoms with van der Waals surface area (Å²) in [7, 11) is 0. The van der Waals surface area contributed by atoms with Crippen LogP contribution in [0.4, 0.5) is 0 Å². The lowest BCUT2D eigenvalue weighted by atomic mass is 10.2. The topological polar surface area (TPSA) is 28.7 Å². The molecule has 0 saturated carbocycles. The van der Waals surface area contributed by atoms with Crippen molar-refractivity contribution in [3.63, 3.8) is 0 Å². The first-order valence-electron chi connectivity index (χ1n) is 5.26. The third-order valence-corrected chi connectivity index (χ3v) is 4.27. The monoisotopic (exact) mass is 362 g/mol. The van der Waals surface area contributed by atoms with Crippen LogP contribution in [0.25, 0.3) is 11.4 Å². The number of aryl methyl sites for hydroxylation is 1. The van der Waals surface area contributed by atoms with Gasteiger partial charge in [-0.2, -0.15) is 0 Å². The van der Waals surface area contributed by atoms with Gasteiger partial charge in [0.2, 0.25) is 0 Å². The van der Waals surface area contributed by atoms with E-state index in [1.165, 1.54) is 0 Å². The van der Waals surface area contributed by atoms with E-state index in [1.807, 2.05) is 6.92 Å². The molecule has 0 aliphatic heterocycles. The maximum Gasteiger partial charge on any atom is 0.144 e. The molecular weight excluding hydrogens is 355 g/mol. The van der Waals surface area contributed by atoms with Crippen molar-refractivity contribution < 1.29 is 0 Å². The SMILES string of the molecule is CCc1[nH]c(-c2cc(Cl)cc(Cl)c2)nc(=S)c1Br. The Morgan fingerprint density at radius 3 is 2.44 bits per heavy atom. The summed E-state index contributed by atoms with van der Waals surface area (Å²) in [5.74, 6) is 0.671. The smallest absolute Gasteiger partial charge is 0.144 e. The van der Waals surface area contributed by atoms with Gasteiger partial charge in [0.05, 0.1) is 4.47 Å². The molecule has 6 heteroatoms. The average Bonchev–Trinajstić information content (AvgIpc) is 2.31. The van der Waals surface area contributed by atoms with Gasteiger partial charge < -0.3 is 4.98 Å². The van der Waals surface area contributed by atoms with Crippen LogP contribution in [0.15, 0.2) is 22.7 Å². The van der Waals surface area contributed by atoms with E-state index in [1.54, 1.807) is 18.2 Å². The minimum atomic E-state index is 0.525. The van der Waals surface area contributed by atoms with Crippen LogP contribution in [0, 0.1) is 4.64 Å². The number of nitrogens with one attached hydrogen (secondary N) is 1. The van der Waals surface area contributed by atoms with Crippen LogP contribution in [0.5, 0.6) is 0 Å². The molecule has 2 nitrogen and oxygen atoms in total. The Kier molecular flexibility index (Phi) is 4.43.